The minimum atomic E-state index is 0.0318. The van der Waals surface area contributed by atoms with Gasteiger partial charge in [0.25, 0.3) is 0 Å². The van der Waals surface area contributed by atoms with Crippen LogP contribution in [0.4, 0.5) is 0 Å². The lowest BCUT2D eigenvalue weighted by Gasteiger charge is -2.33. The molecule has 2 heteroatoms. The van der Waals surface area contributed by atoms with Crippen LogP contribution in [0.15, 0.2) is 18.2 Å². The van der Waals surface area contributed by atoms with Crippen molar-refractivity contribution in [1.82, 2.24) is 0 Å². The van der Waals surface area contributed by atoms with Gasteiger partial charge in [-0.25, -0.2) is 0 Å². The summed E-state index contributed by atoms with van der Waals surface area (Å²) in [5.74, 6) is 2.78. The van der Waals surface area contributed by atoms with Gasteiger partial charge in [0.2, 0.25) is 0 Å². The van der Waals surface area contributed by atoms with Crippen molar-refractivity contribution in [1.29, 1.82) is 5.26 Å². The summed E-state index contributed by atoms with van der Waals surface area (Å²) in [7, 11) is 1.73. The van der Waals surface area contributed by atoms with E-state index >= 15 is 0 Å². The third-order valence-corrected chi connectivity index (χ3v) is 4.62. The Balaban J connectivity index is 1.92. The Morgan fingerprint density at radius 2 is 2.40 bits per heavy atom. The van der Waals surface area contributed by atoms with E-state index in [0.717, 1.165) is 12.2 Å². The molecular formula is C13H11NO. The van der Waals surface area contributed by atoms with Crippen molar-refractivity contribution in [3.63, 3.8) is 0 Å². The normalized spacial score (nSPS) is 42.3. The first kappa shape index (κ1) is 7.76. The van der Waals surface area contributed by atoms with E-state index in [-0.39, 0.29) is 5.41 Å². The summed E-state index contributed by atoms with van der Waals surface area (Å²) in [5.41, 5.74) is 2.81. The zero-order valence-electron chi connectivity index (χ0n) is 8.53. The molecule has 0 saturated heterocycles. The fourth-order valence-electron chi connectivity index (χ4n) is 4.00. The number of nitrogens with zero attached hydrogens (tertiary/aromatic N) is 1. The molecule has 0 amide bonds. The molecule has 0 spiro atoms. The van der Waals surface area contributed by atoms with Gasteiger partial charge in [-0.2, -0.15) is 5.26 Å². The maximum atomic E-state index is 9.18. The lowest BCUT2D eigenvalue weighted by atomic mass is 9.69. The highest BCUT2D eigenvalue weighted by Crippen LogP contribution is 2.87. The quantitative estimate of drug-likeness (QED) is 0.692. The predicted octanol–water partition coefficient (Wildman–Crippen LogP) is 2.42. The minimum absolute atomic E-state index is 0.0318. The second kappa shape index (κ2) is 2.04. The van der Waals surface area contributed by atoms with Crippen LogP contribution in [0.25, 0.3) is 0 Å². The molecule has 3 aliphatic rings. The summed E-state index contributed by atoms with van der Waals surface area (Å²) in [6.07, 6.45) is 1.06. The Hall–Kier alpha value is -1.49. The number of rotatable bonds is 1. The number of ether oxygens (including phenoxy) is 1. The highest BCUT2D eigenvalue weighted by molar-refractivity contribution is 5.63. The van der Waals surface area contributed by atoms with Gasteiger partial charge in [-0.3, -0.25) is 0 Å². The van der Waals surface area contributed by atoms with Crippen LogP contribution in [0.2, 0.25) is 0 Å². The second-order valence-corrected chi connectivity index (χ2v) is 4.93. The Bertz CT molecular complexity index is 516. The molecule has 0 bridgehead atoms. The first-order valence-corrected chi connectivity index (χ1v) is 5.41. The Kier molecular flexibility index (Phi) is 1.05. The molecule has 0 heterocycles. The molecule has 0 N–H and O–H groups in total. The summed E-state index contributed by atoms with van der Waals surface area (Å²) in [5, 5.41) is 9.18. The maximum Gasteiger partial charge on any atom is 0.122 e. The maximum absolute atomic E-state index is 9.18. The van der Waals surface area contributed by atoms with E-state index in [4.69, 9.17) is 4.74 Å². The molecule has 2 fully saturated rings. The first-order chi connectivity index (χ1) is 7.33. The molecule has 2 nitrogen and oxygen atoms in total. The third-order valence-electron chi connectivity index (χ3n) is 4.62. The van der Waals surface area contributed by atoms with E-state index in [0.29, 0.717) is 17.8 Å². The molecule has 3 aliphatic carbocycles. The molecule has 4 unspecified atom stereocenters. The van der Waals surface area contributed by atoms with Gasteiger partial charge in [0.05, 0.1) is 18.6 Å². The molecular weight excluding hydrogens is 186 g/mol. The smallest absolute Gasteiger partial charge is 0.122 e. The topological polar surface area (TPSA) is 33.0 Å². The van der Waals surface area contributed by atoms with Crippen molar-refractivity contribution < 1.29 is 4.74 Å². The third kappa shape index (κ3) is 0.587. The summed E-state index contributed by atoms with van der Waals surface area (Å²) in [6.45, 7) is 0. The molecule has 0 radical (unpaired) electrons. The van der Waals surface area contributed by atoms with Crippen LogP contribution in [0.1, 0.15) is 29.4 Å². The van der Waals surface area contributed by atoms with Gasteiger partial charge in [-0.15, -0.1) is 0 Å². The average molecular weight is 197 g/mol. The zero-order valence-corrected chi connectivity index (χ0v) is 8.53. The number of fused-ring (bicyclic) bond motifs is 4. The minimum Gasteiger partial charge on any atom is -0.496 e. The fourth-order valence-corrected chi connectivity index (χ4v) is 4.00. The van der Waals surface area contributed by atoms with Crippen LogP contribution < -0.4 is 4.74 Å². The lowest BCUT2D eigenvalue weighted by molar-refractivity contribution is 0.298. The van der Waals surface area contributed by atoms with Gasteiger partial charge in [-0.1, -0.05) is 12.1 Å². The van der Waals surface area contributed by atoms with E-state index in [9.17, 15) is 5.26 Å². The summed E-state index contributed by atoms with van der Waals surface area (Å²) >= 11 is 0. The summed E-state index contributed by atoms with van der Waals surface area (Å²) in [6, 6.07) is 8.78. The highest BCUT2D eigenvalue weighted by atomic mass is 16.5. The Labute approximate surface area is 88.5 Å². The van der Waals surface area contributed by atoms with E-state index in [1.54, 1.807) is 7.11 Å². The monoisotopic (exact) mass is 197 g/mol. The zero-order chi connectivity index (χ0) is 10.2. The van der Waals surface area contributed by atoms with Crippen molar-refractivity contribution in [2.24, 2.45) is 11.3 Å². The van der Waals surface area contributed by atoms with Crippen LogP contribution in [-0.2, 0) is 0 Å². The average Bonchev–Trinajstić information content (AvgIpc) is 2.66. The number of benzene rings is 1. The number of hydrogen-bond donors (Lipinski definition) is 0. The number of methoxy groups -OCH3 is 1. The molecule has 0 aliphatic heterocycles. The molecule has 74 valence electrons. The highest BCUT2D eigenvalue weighted by Gasteiger charge is 2.81. The van der Waals surface area contributed by atoms with Gasteiger partial charge in [0.1, 0.15) is 5.75 Å². The van der Waals surface area contributed by atoms with Gasteiger partial charge in [0, 0.05) is 11.5 Å². The van der Waals surface area contributed by atoms with Gasteiger partial charge in [0.15, 0.2) is 0 Å². The standard InChI is InChI=1S/C13H11NO/c1-15-9-4-2-3-7-10(9)8-5-13(6-14)11(7)12(8)13/h2-4,8,11-12H,5H2,1H3. The fraction of sp³-hybridized carbons (Fsp3) is 0.462. The largest absolute Gasteiger partial charge is 0.496 e. The number of hydrogen-bond acceptors (Lipinski definition) is 2. The van der Waals surface area contributed by atoms with Gasteiger partial charge >= 0.3 is 0 Å². The molecule has 1 aromatic carbocycles. The molecule has 4 rings (SSSR count). The van der Waals surface area contributed by atoms with E-state index in [1.165, 1.54) is 11.1 Å². The second-order valence-electron chi connectivity index (χ2n) is 4.93. The lowest BCUT2D eigenvalue weighted by Crippen LogP contribution is -2.25. The van der Waals surface area contributed by atoms with Crippen molar-refractivity contribution >= 4 is 0 Å². The van der Waals surface area contributed by atoms with Crippen molar-refractivity contribution in [3.05, 3.63) is 29.3 Å². The predicted molar refractivity (Wildman–Crippen MR) is 54.6 cm³/mol. The van der Waals surface area contributed by atoms with Crippen LogP contribution in [0.5, 0.6) is 5.75 Å². The Morgan fingerprint density at radius 3 is 3.13 bits per heavy atom. The number of nitriles is 1. The summed E-state index contributed by atoms with van der Waals surface area (Å²) < 4.78 is 5.40. The molecule has 4 atom stereocenters. The van der Waals surface area contributed by atoms with Gasteiger partial charge in [-0.05, 0) is 29.9 Å². The van der Waals surface area contributed by atoms with Gasteiger partial charge < -0.3 is 4.74 Å². The first-order valence-electron chi connectivity index (χ1n) is 5.41. The molecule has 15 heavy (non-hydrogen) atoms. The Morgan fingerprint density at radius 1 is 1.53 bits per heavy atom. The van der Waals surface area contributed by atoms with Crippen LogP contribution in [0, 0.1) is 22.7 Å². The molecule has 0 aromatic heterocycles. The van der Waals surface area contributed by atoms with E-state index < -0.39 is 0 Å². The molecule has 2 saturated carbocycles. The van der Waals surface area contributed by atoms with Crippen molar-refractivity contribution in [3.8, 4) is 11.8 Å². The van der Waals surface area contributed by atoms with Crippen LogP contribution >= 0.6 is 0 Å². The van der Waals surface area contributed by atoms with Crippen molar-refractivity contribution in [2.45, 2.75) is 18.3 Å². The van der Waals surface area contributed by atoms with Crippen LogP contribution in [0.3, 0.4) is 0 Å². The SMILES string of the molecule is COc1cccc2c1C1CC3(C#N)C2C13. The summed E-state index contributed by atoms with van der Waals surface area (Å²) in [4.78, 5) is 0. The molecule has 1 aromatic rings. The van der Waals surface area contributed by atoms with Crippen LogP contribution in [-0.4, -0.2) is 7.11 Å². The van der Waals surface area contributed by atoms with E-state index in [2.05, 4.69) is 12.1 Å². The van der Waals surface area contributed by atoms with E-state index in [1.807, 2.05) is 12.1 Å². The van der Waals surface area contributed by atoms with Crippen molar-refractivity contribution in [2.75, 3.05) is 7.11 Å².